The van der Waals surface area contributed by atoms with Crippen molar-refractivity contribution in [2.75, 3.05) is 7.11 Å². The van der Waals surface area contributed by atoms with E-state index in [1.165, 1.54) is 12.0 Å². The summed E-state index contributed by atoms with van der Waals surface area (Å²) in [4.78, 5) is 40.3. The van der Waals surface area contributed by atoms with E-state index in [2.05, 4.69) is 31.9 Å². The summed E-state index contributed by atoms with van der Waals surface area (Å²) in [7, 11) is 1.46. The largest absolute Gasteiger partial charge is 0.493 e. The number of halogens is 2. The maximum atomic E-state index is 13.2. The fourth-order valence-electron chi connectivity index (χ4n) is 4.08. The van der Waals surface area contributed by atoms with E-state index in [1.807, 2.05) is 42.5 Å². The Kier molecular flexibility index (Phi) is 7.69. The molecule has 1 aliphatic heterocycles. The quantitative estimate of drug-likeness (QED) is 0.120. The van der Waals surface area contributed by atoms with Gasteiger partial charge in [0, 0.05) is 4.47 Å². The third-order valence-corrected chi connectivity index (χ3v) is 8.11. The number of thioether (sulfide) groups is 1. The van der Waals surface area contributed by atoms with Gasteiger partial charge in [0.15, 0.2) is 11.5 Å². The lowest BCUT2D eigenvalue weighted by Crippen LogP contribution is -2.27. The number of benzene rings is 4. The van der Waals surface area contributed by atoms with E-state index in [4.69, 9.17) is 9.47 Å². The molecular formula is C29H19Br2NO5S. The summed E-state index contributed by atoms with van der Waals surface area (Å²) in [6, 6.07) is 24.0. The van der Waals surface area contributed by atoms with E-state index in [1.54, 1.807) is 42.5 Å². The third-order valence-electron chi connectivity index (χ3n) is 5.92. The Labute approximate surface area is 239 Å². The summed E-state index contributed by atoms with van der Waals surface area (Å²) in [6.07, 6.45) is 1.63. The fraction of sp³-hybridized carbons (Fsp3) is 0.0690. The van der Waals surface area contributed by atoms with Gasteiger partial charge in [-0.15, -0.1) is 0 Å². The molecule has 0 aromatic heterocycles. The standard InChI is InChI=1S/C29H19Br2NO5S/c1-36-24-14-17(13-23(31)26(24)37-28(34)21-11-4-5-12-22(21)30)15-25-27(33)32(29(35)38-25)16-19-9-6-8-18-7-2-3-10-20(18)19/h2-15H,16H2,1H3/b25-15-. The zero-order valence-electron chi connectivity index (χ0n) is 19.9. The van der Waals surface area contributed by atoms with E-state index in [-0.39, 0.29) is 23.4 Å². The minimum Gasteiger partial charge on any atom is -0.493 e. The maximum absolute atomic E-state index is 13.2. The van der Waals surface area contributed by atoms with Crippen molar-refractivity contribution >= 4 is 77.6 Å². The predicted octanol–water partition coefficient (Wildman–Crippen LogP) is 7.83. The van der Waals surface area contributed by atoms with Crippen LogP contribution >= 0.6 is 43.6 Å². The highest BCUT2D eigenvalue weighted by atomic mass is 79.9. The summed E-state index contributed by atoms with van der Waals surface area (Å²) >= 11 is 7.69. The van der Waals surface area contributed by atoms with Crippen LogP contribution in [0.5, 0.6) is 11.5 Å². The summed E-state index contributed by atoms with van der Waals surface area (Å²) in [5.74, 6) is -0.429. The first kappa shape index (κ1) is 26.2. The number of amides is 2. The smallest absolute Gasteiger partial charge is 0.344 e. The number of imide groups is 1. The molecule has 0 radical (unpaired) electrons. The van der Waals surface area contributed by atoms with Crippen molar-refractivity contribution in [1.82, 2.24) is 4.90 Å². The van der Waals surface area contributed by atoms with Crippen LogP contribution in [0.1, 0.15) is 21.5 Å². The van der Waals surface area contributed by atoms with Crippen LogP contribution in [0.3, 0.4) is 0 Å². The van der Waals surface area contributed by atoms with Gasteiger partial charge >= 0.3 is 5.97 Å². The summed E-state index contributed by atoms with van der Waals surface area (Å²) < 4.78 is 12.2. The van der Waals surface area contributed by atoms with E-state index in [0.29, 0.717) is 30.7 Å². The summed E-state index contributed by atoms with van der Waals surface area (Å²) in [6.45, 7) is 0.181. The molecule has 1 fully saturated rings. The molecule has 4 aromatic rings. The number of methoxy groups -OCH3 is 1. The van der Waals surface area contributed by atoms with Crippen molar-refractivity contribution in [2.45, 2.75) is 6.54 Å². The minimum atomic E-state index is -0.557. The monoisotopic (exact) mass is 651 g/mol. The first-order valence-corrected chi connectivity index (χ1v) is 13.8. The lowest BCUT2D eigenvalue weighted by Gasteiger charge is -2.14. The van der Waals surface area contributed by atoms with Gasteiger partial charge in [0.05, 0.1) is 28.6 Å². The van der Waals surface area contributed by atoms with Gasteiger partial charge in [0.1, 0.15) is 0 Å². The average molecular weight is 653 g/mol. The highest BCUT2D eigenvalue weighted by Gasteiger charge is 2.35. The van der Waals surface area contributed by atoms with Gasteiger partial charge < -0.3 is 9.47 Å². The summed E-state index contributed by atoms with van der Waals surface area (Å²) in [5.41, 5.74) is 1.86. The second-order valence-electron chi connectivity index (χ2n) is 8.31. The van der Waals surface area contributed by atoms with Gasteiger partial charge in [-0.25, -0.2) is 4.79 Å². The van der Waals surface area contributed by atoms with Crippen LogP contribution in [0.25, 0.3) is 16.8 Å². The number of hydrogen-bond acceptors (Lipinski definition) is 6. The Bertz CT molecular complexity index is 1630. The molecule has 1 aliphatic rings. The van der Waals surface area contributed by atoms with Crippen molar-refractivity contribution in [3.63, 3.8) is 0 Å². The van der Waals surface area contributed by atoms with Crippen molar-refractivity contribution in [2.24, 2.45) is 0 Å². The van der Waals surface area contributed by atoms with Crippen LogP contribution in [-0.4, -0.2) is 29.1 Å². The zero-order chi connectivity index (χ0) is 26.8. The number of carbonyl (C=O) groups is 3. The number of carbonyl (C=O) groups excluding carboxylic acids is 3. The topological polar surface area (TPSA) is 72.9 Å². The average Bonchev–Trinajstić information content (AvgIpc) is 3.17. The number of nitrogens with zero attached hydrogens (tertiary/aromatic N) is 1. The van der Waals surface area contributed by atoms with E-state index >= 15 is 0 Å². The molecule has 0 unspecified atom stereocenters. The molecule has 9 heteroatoms. The molecule has 190 valence electrons. The van der Waals surface area contributed by atoms with Crippen LogP contribution in [0.2, 0.25) is 0 Å². The number of rotatable bonds is 6. The first-order valence-electron chi connectivity index (χ1n) is 11.4. The van der Waals surface area contributed by atoms with Crippen LogP contribution < -0.4 is 9.47 Å². The molecule has 1 heterocycles. The lowest BCUT2D eigenvalue weighted by molar-refractivity contribution is -0.123. The van der Waals surface area contributed by atoms with Crippen LogP contribution in [0.15, 0.2) is 92.7 Å². The Balaban J connectivity index is 1.40. The second-order valence-corrected chi connectivity index (χ2v) is 11.0. The lowest BCUT2D eigenvalue weighted by atomic mass is 10.0. The zero-order valence-corrected chi connectivity index (χ0v) is 23.9. The van der Waals surface area contributed by atoms with Crippen LogP contribution in [-0.2, 0) is 11.3 Å². The van der Waals surface area contributed by atoms with Gasteiger partial charge in [0.25, 0.3) is 11.1 Å². The molecule has 0 saturated carbocycles. The van der Waals surface area contributed by atoms with Crippen molar-refractivity contribution in [1.29, 1.82) is 0 Å². The van der Waals surface area contributed by atoms with E-state index in [9.17, 15) is 14.4 Å². The Morgan fingerprint density at radius 3 is 2.47 bits per heavy atom. The molecular weight excluding hydrogens is 634 g/mol. The molecule has 4 aromatic carbocycles. The molecule has 0 bridgehead atoms. The van der Waals surface area contributed by atoms with E-state index < -0.39 is 5.97 Å². The molecule has 38 heavy (non-hydrogen) atoms. The predicted molar refractivity (Wildman–Crippen MR) is 155 cm³/mol. The van der Waals surface area contributed by atoms with Crippen molar-refractivity contribution in [3.8, 4) is 11.5 Å². The Hall–Kier alpha value is -3.40. The van der Waals surface area contributed by atoms with Gasteiger partial charge in [-0.2, -0.15) is 0 Å². The van der Waals surface area contributed by atoms with Gasteiger partial charge in [-0.3, -0.25) is 14.5 Å². The first-order chi connectivity index (χ1) is 18.4. The molecule has 0 atom stereocenters. The number of hydrogen-bond donors (Lipinski definition) is 0. The molecule has 5 rings (SSSR count). The SMILES string of the molecule is COc1cc(/C=C2\SC(=O)N(Cc3cccc4ccccc34)C2=O)cc(Br)c1OC(=O)c1ccccc1Br. The van der Waals surface area contributed by atoms with Gasteiger partial charge in [0.2, 0.25) is 0 Å². The number of fused-ring (bicyclic) bond motifs is 1. The Morgan fingerprint density at radius 2 is 1.68 bits per heavy atom. The molecule has 0 aliphatic carbocycles. The van der Waals surface area contributed by atoms with Crippen LogP contribution in [0.4, 0.5) is 4.79 Å². The molecule has 0 N–H and O–H groups in total. The normalized spacial score (nSPS) is 14.4. The fourth-order valence-corrected chi connectivity index (χ4v) is 5.91. The molecule has 1 saturated heterocycles. The molecule has 6 nitrogen and oxygen atoms in total. The van der Waals surface area contributed by atoms with Gasteiger partial charge in [-0.1, -0.05) is 54.6 Å². The number of ether oxygens (including phenoxy) is 2. The van der Waals surface area contributed by atoms with Crippen molar-refractivity contribution < 1.29 is 23.9 Å². The van der Waals surface area contributed by atoms with E-state index in [0.717, 1.165) is 28.1 Å². The second kappa shape index (κ2) is 11.1. The molecule has 0 spiro atoms. The van der Waals surface area contributed by atoms with Crippen LogP contribution in [0, 0.1) is 0 Å². The third kappa shape index (κ3) is 5.27. The summed E-state index contributed by atoms with van der Waals surface area (Å²) in [5, 5.41) is 1.71. The Morgan fingerprint density at radius 1 is 0.947 bits per heavy atom. The number of esters is 1. The van der Waals surface area contributed by atoms with Crippen molar-refractivity contribution in [3.05, 3.63) is 109 Å². The highest BCUT2D eigenvalue weighted by Crippen LogP contribution is 2.40. The molecule has 2 amide bonds. The highest BCUT2D eigenvalue weighted by molar-refractivity contribution is 9.10. The minimum absolute atomic E-state index is 0.181. The van der Waals surface area contributed by atoms with Gasteiger partial charge in [-0.05, 0) is 95.9 Å². The maximum Gasteiger partial charge on any atom is 0.344 e.